The van der Waals surface area contributed by atoms with Crippen molar-refractivity contribution in [3.8, 4) is 5.75 Å². The molecule has 2 N–H and O–H groups in total. The van der Waals surface area contributed by atoms with Crippen molar-refractivity contribution >= 4 is 5.96 Å². The normalized spacial score (nSPS) is 19.6. The van der Waals surface area contributed by atoms with Crippen molar-refractivity contribution < 1.29 is 4.74 Å². The maximum absolute atomic E-state index is 5.69. The third kappa shape index (κ3) is 4.15. The molecule has 0 spiro atoms. The van der Waals surface area contributed by atoms with E-state index in [0.717, 1.165) is 43.7 Å². The summed E-state index contributed by atoms with van der Waals surface area (Å²) in [6.07, 6.45) is 6.62. The number of aliphatic imine (C=N–C) groups is 1. The van der Waals surface area contributed by atoms with Crippen molar-refractivity contribution in [3.63, 3.8) is 0 Å². The molecule has 3 rings (SSSR count). The van der Waals surface area contributed by atoms with Crippen LogP contribution in [0.3, 0.4) is 0 Å². The van der Waals surface area contributed by atoms with Gasteiger partial charge in [0.05, 0.1) is 6.61 Å². The summed E-state index contributed by atoms with van der Waals surface area (Å²) in [6, 6.07) is 9.96. The Labute approximate surface area is 133 Å². The van der Waals surface area contributed by atoms with Crippen LogP contribution in [-0.2, 0) is 0 Å². The fourth-order valence-corrected chi connectivity index (χ4v) is 3.05. The van der Waals surface area contributed by atoms with E-state index in [4.69, 9.17) is 4.74 Å². The SMILES string of the molecule is CN=C(NCCCOc1ccccc1)NCC1(C2CC2)CC1. The molecule has 1 aromatic carbocycles. The van der Waals surface area contributed by atoms with Crippen molar-refractivity contribution in [2.75, 3.05) is 26.7 Å². The maximum atomic E-state index is 5.69. The lowest BCUT2D eigenvalue weighted by Gasteiger charge is -2.18. The van der Waals surface area contributed by atoms with Crippen molar-refractivity contribution in [1.29, 1.82) is 0 Å². The molecule has 4 heteroatoms. The average Bonchev–Trinajstić information content (AvgIpc) is 3.44. The van der Waals surface area contributed by atoms with Gasteiger partial charge in [-0.15, -0.1) is 0 Å². The van der Waals surface area contributed by atoms with Gasteiger partial charge >= 0.3 is 0 Å². The van der Waals surface area contributed by atoms with Crippen LogP contribution in [0.4, 0.5) is 0 Å². The number of nitrogens with zero attached hydrogens (tertiary/aromatic N) is 1. The van der Waals surface area contributed by atoms with E-state index >= 15 is 0 Å². The van der Waals surface area contributed by atoms with Crippen molar-refractivity contribution in [1.82, 2.24) is 10.6 Å². The number of nitrogens with one attached hydrogen (secondary N) is 2. The second kappa shape index (κ2) is 7.03. The van der Waals surface area contributed by atoms with E-state index in [0.29, 0.717) is 5.41 Å². The Bertz CT molecular complexity index is 492. The van der Waals surface area contributed by atoms with Crippen LogP contribution in [0.5, 0.6) is 5.75 Å². The number of ether oxygens (including phenoxy) is 1. The Hall–Kier alpha value is -1.71. The summed E-state index contributed by atoms with van der Waals surface area (Å²) in [4.78, 5) is 4.31. The minimum Gasteiger partial charge on any atom is -0.494 e. The molecule has 1 aromatic rings. The Morgan fingerprint density at radius 1 is 1.23 bits per heavy atom. The third-order valence-electron chi connectivity index (χ3n) is 4.79. The molecular weight excluding hydrogens is 274 g/mol. The number of hydrogen-bond donors (Lipinski definition) is 2. The fourth-order valence-electron chi connectivity index (χ4n) is 3.05. The van der Waals surface area contributed by atoms with Crippen LogP contribution in [0.1, 0.15) is 32.1 Å². The smallest absolute Gasteiger partial charge is 0.190 e. The molecule has 0 saturated heterocycles. The highest BCUT2D eigenvalue weighted by Gasteiger charge is 2.53. The van der Waals surface area contributed by atoms with Gasteiger partial charge in [0.25, 0.3) is 0 Å². The lowest BCUT2D eigenvalue weighted by atomic mass is 10.0. The van der Waals surface area contributed by atoms with Gasteiger partial charge in [0.1, 0.15) is 5.75 Å². The third-order valence-corrected chi connectivity index (χ3v) is 4.79. The van der Waals surface area contributed by atoms with E-state index in [9.17, 15) is 0 Å². The first kappa shape index (κ1) is 15.2. The number of para-hydroxylation sites is 1. The molecule has 0 atom stereocenters. The largest absolute Gasteiger partial charge is 0.494 e. The highest BCUT2D eigenvalue weighted by atomic mass is 16.5. The van der Waals surface area contributed by atoms with Crippen LogP contribution >= 0.6 is 0 Å². The van der Waals surface area contributed by atoms with Crippen molar-refractivity contribution in [2.24, 2.45) is 16.3 Å². The molecule has 2 fully saturated rings. The minimum absolute atomic E-state index is 0.605. The number of benzene rings is 1. The summed E-state index contributed by atoms with van der Waals surface area (Å²) in [5.41, 5.74) is 0.605. The van der Waals surface area contributed by atoms with Gasteiger partial charge in [0.2, 0.25) is 0 Å². The van der Waals surface area contributed by atoms with E-state index in [1.54, 1.807) is 0 Å². The first-order valence-electron chi connectivity index (χ1n) is 8.45. The molecule has 2 saturated carbocycles. The number of rotatable bonds is 8. The first-order valence-corrected chi connectivity index (χ1v) is 8.45. The van der Waals surface area contributed by atoms with Crippen LogP contribution in [0, 0.1) is 11.3 Å². The second-order valence-electron chi connectivity index (χ2n) is 6.50. The molecule has 22 heavy (non-hydrogen) atoms. The van der Waals surface area contributed by atoms with Crippen molar-refractivity contribution in [3.05, 3.63) is 30.3 Å². The fraction of sp³-hybridized carbons (Fsp3) is 0.611. The van der Waals surface area contributed by atoms with E-state index in [1.807, 2.05) is 37.4 Å². The summed E-state index contributed by atoms with van der Waals surface area (Å²) >= 11 is 0. The highest BCUT2D eigenvalue weighted by molar-refractivity contribution is 5.79. The van der Waals surface area contributed by atoms with Gasteiger partial charge in [-0.2, -0.15) is 0 Å². The van der Waals surface area contributed by atoms with E-state index in [-0.39, 0.29) is 0 Å². The molecule has 0 heterocycles. The van der Waals surface area contributed by atoms with Gasteiger partial charge in [-0.1, -0.05) is 18.2 Å². The molecule has 0 unspecified atom stereocenters. The molecule has 2 aliphatic rings. The standard InChI is InChI=1S/C18H27N3O/c1-19-17(21-14-18(10-11-18)15-8-9-15)20-12-5-13-22-16-6-3-2-4-7-16/h2-4,6-7,15H,5,8-14H2,1H3,(H2,19,20,21). The molecule has 120 valence electrons. The summed E-state index contributed by atoms with van der Waals surface area (Å²) in [7, 11) is 1.84. The van der Waals surface area contributed by atoms with Gasteiger partial charge in [-0.3, -0.25) is 4.99 Å². The van der Waals surface area contributed by atoms with Crippen LogP contribution in [0.25, 0.3) is 0 Å². The minimum atomic E-state index is 0.605. The van der Waals surface area contributed by atoms with E-state index in [2.05, 4.69) is 15.6 Å². The highest BCUT2D eigenvalue weighted by Crippen LogP contribution is 2.60. The molecule has 0 radical (unpaired) electrons. The zero-order valence-corrected chi connectivity index (χ0v) is 13.5. The predicted molar refractivity (Wildman–Crippen MR) is 90.3 cm³/mol. The lowest BCUT2D eigenvalue weighted by molar-refractivity contribution is 0.311. The van der Waals surface area contributed by atoms with Gasteiger partial charge in [0, 0.05) is 20.1 Å². The zero-order valence-electron chi connectivity index (χ0n) is 13.5. The van der Waals surface area contributed by atoms with Crippen molar-refractivity contribution in [2.45, 2.75) is 32.1 Å². The second-order valence-corrected chi connectivity index (χ2v) is 6.50. The maximum Gasteiger partial charge on any atom is 0.190 e. The van der Waals surface area contributed by atoms with Crippen LogP contribution in [-0.4, -0.2) is 32.7 Å². The molecular formula is C18H27N3O. The Morgan fingerprint density at radius 2 is 2.00 bits per heavy atom. The summed E-state index contributed by atoms with van der Waals surface area (Å²) in [5.74, 6) is 2.84. The molecule has 2 aliphatic carbocycles. The van der Waals surface area contributed by atoms with Crippen LogP contribution < -0.4 is 15.4 Å². The van der Waals surface area contributed by atoms with Gasteiger partial charge in [0.15, 0.2) is 5.96 Å². The quantitative estimate of drug-likeness (QED) is 0.441. The number of hydrogen-bond acceptors (Lipinski definition) is 2. The van der Waals surface area contributed by atoms with Gasteiger partial charge in [-0.05, 0) is 55.6 Å². The summed E-state index contributed by atoms with van der Waals surface area (Å²) in [5, 5.41) is 6.87. The molecule has 0 bridgehead atoms. The van der Waals surface area contributed by atoms with E-state index in [1.165, 1.54) is 25.7 Å². The molecule has 4 nitrogen and oxygen atoms in total. The van der Waals surface area contributed by atoms with Gasteiger partial charge < -0.3 is 15.4 Å². The number of guanidine groups is 1. The van der Waals surface area contributed by atoms with Gasteiger partial charge in [-0.25, -0.2) is 0 Å². The van der Waals surface area contributed by atoms with Crippen LogP contribution in [0.15, 0.2) is 35.3 Å². The van der Waals surface area contributed by atoms with Crippen LogP contribution in [0.2, 0.25) is 0 Å². The average molecular weight is 301 g/mol. The summed E-state index contributed by atoms with van der Waals surface area (Å²) < 4.78 is 5.69. The molecule has 0 amide bonds. The molecule has 0 aromatic heterocycles. The monoisotopic (exact) mass is 301 g/mol. The zero-order chi connectivity index (χ0) is 15.3. The lowest BCUT2D eigenvalue weighted by Crippen LogP contribution is -2.41. The van der Waals surface area contributed by atoms with E-state index < -0.39 is 0 Å². The Morgan fingerprint density at radius 3 is 2.64 bits per heavy atom. The summed E-state index contributed by atoms with van der Waals surface area (Å²) in [6.45, 7) is 2.68. The topological polar surface area (TPSA) is 45.7 Å². The Balaban J connectivity index is 1.28. The Kier molecular flexibility index (Phi) is 4.86. The first-order chi connectivity index (χ1) is 10.8. The molecule has 0 aliphatic heterocycles. The predicted octanol–water partition coefficient (Wildman–Crippen LogP) is 2.81.